The van der Waals surface area contributed by atoms with Crippen LogP contribution in [0.3, 0.4) is 0 Å². The molecule has 28 heavy (non-hydrogen) atoms. The third-order valence-corrected chi connectivity index (χ3v) is 5.72. The summed E-state index contributed by atoms with van der Waals surface area (Å²) in [7, 11) is 0. The Bertz CT molecular complexity index is 968. The maximum Gasteiger partial charge on any atom is 0.299 e. The fourth-order valence-electron chi connectivity index (χ4n) is 4.25. The molecule has 3 aromatic heterocycles. The van der Waals surface area contributed by atoms with Crippen molar-refractivity contribution in [2.75, 3.05) is 24.5 Å². The molecule has 144 valence electrons. The molecule has 2 aliphatic heterocycles. The summed E-state index contributed by atoms with van der Waals surface area (Å²) in [4.78, 5) is 30.2. The smallest absolute Gasteiger partial charge is 0.299 e. The predicted molar refractivity (Wildman–Crippen MR) is 105 cm³/mol. The lowest BCUT2D eigenvalue weighted by Gasteiger charge is -2.33. The van der Waals surface area contributed by atoms with Gasteiger partial charge in [0.25, 0.3) is 6.01 Å². The second-order valence-electron chi connectivity index (χ2n) is 7.65. The van der Waals surface area contributed by atoms with Gasteiger partial charge in [0.1, 0.15) is 0 Å². The Hall–Kier alpha value is -2.96. The normalized spacial score (nSPS) is 19.6. The van der Waals surface area contributed by atoms with E-state index >= 15 is 0 Å². The van der Waals surface area contributed by atoms with Crippen LogP contribution in [0.15, 0.2) is 41.1 Å². The van der Waals surface area contributed by atoms with Crippen LogP contribution in [0.25, 0.3) is 11.2 Å². The van der Waals surface area contributed by atoms with Crippen molar-refractivity contribution in [3.8, 4) is 0 Å². The van der Waals surface area contributed by atoms with Crippen LogP contribution in [0.1, 0.15) is 30.5 Å². The summed E-state index contributed by atoms with van der Waals surface area (Å²) < 4.78 is 5.87. The van der Waals surface area contributed by atoms with Crippen LogP contribution in [0.4, 0.5) is 6.01 Å². The van der Waals surface area contributed by atoms with Crippen LogP contribution in [0.5, 0.6) is 0 Å². The van der Waals surface area contributed by atoms with Gasteiger partial charge in [-0.1, -0.05) is 6.07 Å². The molecule has 1 amide bonds. The van der Waals surface area contributed by atoms with Crippen LogP contribution in [0.2, 0.25) is 0 Å². The van der Waals surface area contributed by atoms with Gasteiger partial charge in [-0.2, -0.15) is 4.98 Å². The molecule has 1 saturated heterocycles. The molecule has 7 nitrogen and oxygen atoms in total. The highest BCUT2D eigenvalue weighted by Gasteiger charge is 2.28. The van der Waals surface area contributed by atoms with Crippen molar-refractivity contribution in [1.29, 1.82) is 0 Å². The molecule has 5 rings (SSSR count). The Morgan fingerprint density at radius 1 is 1.18 bits per heavy atom. The Balaban J connectivity index is 1.24. The summed E-state index contributed by atoms with van der Waals surface area (Å²) in [5.74, 6) is 0.556. The molecular formula is C21H23N5O2. The number of oxazole rings is 1. The highest BCUT2D eigenvalue weighted by molar-refractivity contribution is 5.77. The molecular weight excluding hydrogens is 354 g/mol. The topological polar surface area (TPSA) is 75.4 Å². The molecule has 5 heterocycles. The van der Waals surface area contributed by atoms with E-state index in [1.54, 1.807) is 6.20 Å². The van der Waals surface area contributed by atoms with E-state index in [0.717, 1.165) is 44.6 Å². The molecule has 0 radical (unpaired) electrons. The van der Waals surface area contributed by atoms with Crippen LogP contribution >= 0.6 is 0 Å². The van der Waals surface area contributed by atoms with Crippen LogP contribution in [-0.4, -0.2) is 45.4 Å². The van der Waals surface area contributed by atoms with E-state index in [1.165, 1.54) is 5.56 Å². The maximum atomic E-state index is 12.9. The second-order valence-corrected chi connectivity index (χ2v) is 7.65. The zero-order valence-electron chi connectivity index (χ0n) is 15.8. The van der Waals surface area contributed by atoms with Crippen LogP contribution in [-0.2, 0) is 17.8 Å². The zero-order chi connectivity index (χ0) is 18.9. The lowest BCUT2D eigenvalue weighted by atomic mass is 9.94. The van der Waals surface area contributed by atoms with Crippen molar-refractivity contribution < 1.29 is 9.21 Å². The average molecular weight is 377 g/mol. The molecule has 1 atom stereocenters. The molecule has 2 aliphatic rings. The van der Waals surface area contributed by atoms with Gasteiger partial charge in [0.05, 0.1) is 0 Å². The van der Waals surface area contributed by atoms with Gasteiger partial charge in [-0.05, 0) is 42.5 Å². The maximum absolute atomic E-state index is 12.9. The monoisotopic (exact) mass is 377 g/mol. The van der Waals surface area contributed by atoms with E-state index in [9.17, 15) is 4.79 Å². The molecule has 0 saturated carbocycles. The fourth-order valence-corrected chi connectivity index (χ4v) is 4.25. The summed E-state index contributed by atoms with van der Waals surface area (Å²) in [5, 5.41) is 0. The fraction of sp³-hybridized carbons (Fsp3) is 0.429. The molecule has 0 bridgehead atoms. The molecule has 1 unspecified atom stereocenters. The minimum absolute atomic E-state index is 0.237. The third kappa shape index (κ3) is 3.32. The number of anilines is 1. The number of hydrogen-bond donors (Lipinski definition) is 0. The predicted octanol–water partition coefficient (Wildman–Crippen LogP) is 2.81. The summed E-state index contributed by atoms with van der Waals surface area (Å²) in [6, 6.07) is 8.37. The lowest BCUT2D eigenvalue weighted by Crippen LogP contribution is -2.41. The van der Waals surface area contributed by atoms with Crippen molar-refractivity contribution in [3.05, 3.63) is 47.9 Å². The van der Waals surface area contributed by atoms with E-state index < -0.39 is 0 Å². The summed E-state index contributed by atoms with van der Waals surface area (Å²) >= 11 is 0. The van der Waals surface area contributed by atoms with Gasteiger partial charge < -0.3 is 14.2 Å². The average Bonchev–Trinajstić information content (AvgIpc) is 3.18. The molecule has 0 aliphatic carbocycles. The van der Waals surface area contributed by atoms with Crippen molar-refractivity contribution >= 4 is 23.2 Å². The highest BCUT2D eigenvalue weighted by atomic mass is 16.4. The first kappa shape index (κ1) is 17.2. The Labute approximate surface area is 163 Å². The number of nitrogens with zero attached hydrogens (tertiary/aromatic N) is 5. The first-order valence-corrected chi connectivity index (χ1v) is 9.93. The van der Waals surface area contributed by atoms with E-state index in [0.29, 0.717) is 36.1 Å². The van der Waals surface area contributed by atoms with E-state index in [2.05, 4.69) is 25.9 Å². The Morgan fingerprint density at radius 2 is 2.07 bits per heavy atom. The highest BCUT2D eigenvalue weighted by Crippen LogP contribution is 2.28. The summed E-state index contributed by atoms with van der Waals surface area (Å²) in [5.41, 5.74) is 3.64. The Morgan fingerprint density at radius 3 is 3.00 bits per heavy atom. The largest absolute Gasteiger partial charge is 0.422 e. The van der Waals surface area contributed by atoms with Crippen LogP contribution < -0.4 is 4.90 Å². The van der Waals surface area contributed by atoms with Crippen molar-refractivity contribution in [1.82, 2.24) is 19.9 Å². The quantitative estimate of drug-likeness (QED) is 0.699. The number of rotatable bonds is 3. The number of amides is 1. The molecule has 7 heteroatoms. The lowest BCUT2D eigenvalue weighted by molar-refractivity contribution is -0.133. The van der Waals surface area contributed by atoms with E-state index in [1.807, 2.05) is 29.3 Å². The van der Waals surface area contributed by atoms with Crippen LogP contribution in [0, 0.1) is 5.92 Å². The van der Waals surface area contributed by atoms with Gasteiger partial charge in [0.2, 0.25) is 11.6 Å². The van der Waals surface area contributed by atoms with Gasteiger partial charge in [-0.25, -0.2) is 4.98 Å². The van der Waals surface area contributed by atoms with Crippen molar-refractivity contribution in [3.63, 3.8) is 0 Å². The number of aromatic nitrogens is 3. The molecule has 3 aromatic rings. The molecule has 0 N–H and O–H groups in total. The summed E-state index contributed by atoms with van der Waals surface area (Å²) in [6.45, 7) is 3.14. The number of piperidine rings is 1. The standard InChI is InChI=1S/C21H23N5O2/c27-19(25-11-7-17-16(14-25)5-1-8-22-17)12-15-4-3-10-26(13-15)21-24-20-18(28-21)6-2-9-23-20/h1-2,5-6,8-9,15H,3-4,7,10-14H2. The Kier molecular flexibility index (Phi) is 4.43. The zero-order valence-corrected chi connectivity index (χ0v) is 15.8. The minimum Gasteiger partial charge on any atom is -0.422 e. The van der Waals surface area contributed by atoms with E-state index in [-0.39, 0.29) is 5.91 Å². The number of carbonyl (C=O) groups excluding carboxylic acids is 1. The number of carbonyl (C=O) groups is 1. The second kappa shape index (κ2) is 7.22. The number of hydrogen-bond acceptors (Lipinski definition) is 6. The van der Waals surface area contributed by atoms with Gasteiger partial charge in [0.15, 0.2) is 5.58 Å². The van der Waals surface area contributed by atoms with Gasteiger partial charge in [-0.3, -0.25) is 9.78 Å². The number of fused-ring (bicyclic) bond motifs is 2. The molecule has 1 fully saturated rings. The first-order chi connectivity index (χ1) is 13.8. The van der Waals surface area contributed by atoms with Crippen molar-refractivity contribution in [2.24, 2.45) is 5.92 Å². The molecule has 0 spiro atoms. The molecule has 0 aromatic carbocycles. The third-order valence-electron chi connectivity index (χ3n) is 5.72. The van der Waals surface area contributed by atoms with Crippen molar-refractivity contribution in [2.45, 2.75) is 32.2 Å². The number of pyridine rings is 2. The van der Waals surface area contributed by atoms with E-state index in [4.69, 9.17) is 4.42 Å². The van der Waals surface area contributed by atoms with Gasteiger partial charge in [0, 0.05) is 57.1 Å². The minimum atomic E-state index is 0.237. The van der Waals surface area contributed by atoms with Gasteiger partial charge >= 0.3 is 0 Å². The first-order valence-electron chi connectivity index (χ1n) is 9.93. The van der Waals surface area contributed by atoms with Gasteiger partial charge in [-0.15, -0.1) is 0 Å². The summed E-state index contributed by atoms with van der Waals surface area (Å²) in [6.07, 6.45) is 7.07. The SMILES string of the molecule is O=C(CC1CCCN(c2nc3ncccc3o2)C1)N1CCc2ncccc2C1.